The van der Waals surface area contributed by atoms with Gasteiger partial charge in [0.2, 0.25) is 0 Å². The second-order valence-corrected chi connectivity index (χ2v) is 4.90. The van der Waals surface area contributed by atoms with Crippen LogP contribution >= 0.6 is 11.6 Å². The molecule has 7 heteroatoms. The molecule has 6 nitrogen and oxygen atoms in total. The Morgan fingerprint density at radius 2 is 2.05 bits per heavy atom. The van der Waals surface area contributed by atoms with Crippen LogP contribution in [-0.4, -0.2) is 28.1 Å². The van der Waals surface area contributed by atoms with Crippen molar-refractivity contribution in [1.29, 1.82) is 0 Å². The van der Waals surface area contributed by atoms with E-state index in [1.165, 1.54) is 18.2 Å². The summed E-state index contributed by atoms with van der Waals surface area (Å²) in [4.78, 5) is 22.6. The van der Waals surface area contributed by atoms with Gasteiger partial charge in [-0.2, -0.15) is 0 Å². The van der Waals surface area contributed by atoms with Crippen LogP contribution in [0, 0.1) is 10.1 Å². The topological polar surface area (TPSA) is 92.5 Å². The van der Waals surface area contributed by atoms with Gasteiger partial charge in [0.1, 0.15) is 5.56 Å². The van der Waals surface area contributed by atoms with Crippen LogP contribution in [0.5, 0.6) is 0 Å². The highest BCUT2D eigenvalue weighted by molar-refractivity contribution is 6.34. The van der Waals surface area contributed by atoms with Crippen molar-refractivity contribution in [2.45, 2.75) is 32.2 Å². The highest BCUT2D eigenvalue weighted by Gasteiger charge is 2.31. The van der Waals surface area contributed by atoms with Crippen LogP contribution in [0.3, 0.4) is 0 Å². The van der Waals surface area contributed by atoms with Crippen molar-refractivity contribution in [2.24, 2.45) is 0 Å². The predicted octanol–water partition coefficient (Wildman–Crippen LogP) is 2.53. The number of nitrogens with zero attached hydrogens (tertiary/aromatic N) is 1. The Kier molecular flexibility index (Phi) is 5.47. The molecule has 0 heterocycles. The van der Waals surface area contributed by atoms with E-state index in [1.807, 2.05) is 13.8 Å². The van der Waals surface area contributed by atoms with E-state index >= 15 is 0 Å². The molecule has 0 atom stereocenters. The summed E-state index contributed by atoms with van der Waals surface area (Å²) in [7, 11) is 0. The fourth-order valence-corrected chi connectivity index (χ4v) is 2.14. The molecule has 0 unspecified atom stereocenters. The molecule has 2 N–H and O–H groups in total. The first-order valence-electron chi connectivity index (χ1n) is 6.27. The lowest BCUT2D eigenvalue weighted by molar-refractivity contribution is -0.385. The molecule has 0 saturated heterocycles. The summed E-state index contributed by atoms with van der Waals surface area (Å²) in [5, 5.41) is 23.1. The summed E-state index contributed by atoms with van der Waals surface area (Å²) < 4.78 is 0. The molecule has 0 aliphatic heterocycles. The Balaban J connectivity index is 3.19. The summed E-state index contributed by atoms with van der Waals surface area (Å²) in [6.07, 6.45) is 1.01. The normalized spacial score (nSPS) is 11.2. The Morgan fingerprint density at radius 3 is 2.50 bits per heavy atom. The van der Waals surface area contributed by atoms with E-state index in [9.17, 15) is 20.0 Å². The van der Waals surface area contributed by atoms with Crippen LogP contribution in [0.2, 0.25) is 5.02 Å². The number of amides is 1. The Bertz CT molecular complexity index is 507. The minimum absolute atomic E-state index is 0.00995. The number of aliphatic hydroxyl groups is 1. The maximum atomic E-state index is 12.3. The monoisotopic (exact) mass is 300 g/mol. The fourth-order valence-electron chi connectivity index (χ4n) is 1.88. The largest absolute Gasteiger partial charge is 0.394 e. The van der Waals surface area contributed by atoms with Gasteiger partial charge in [-0.25, -0.2) is 0 Å². The van der Waals surface area contributed by atoms with Crippen molar-refractivity contribution in [3.05, 3.63) is 38.9 Å². The van der Waals surface area contributed by atoms with Gasteiger partial charge < -0.3 is 10.4 Å². The van der Waals surface area contributed by atoms with Gasteiger partial charge in [-0.3, -0.25) is 14.9 Å². The zero-order valence-electron chi connectivity index (χ0n) is 11.4. The third-order valence-electron chi connectivity index (χ3n) is 3.45. The van der Waals surface area contributed by atoms with Gasteiger partial charge in [0.25, 0.3) is 11.6 Å². The number of benzene rings is 1. The van der Waals surface area contributed by atoms with Gasteiger partial charge >= 0.3 is 0 Å². The van der Waals surface area contributed by atoms with Crippen LogP contribution in [0.4, 0.5) is 5.69 Å². The van der Waals surface area contributed by atoms with Crippen LogP contribution in [-0.2, 0) is 0 Å². The summed E-state index contributed by atoms with van der Waals surface area (Å²) in [6, 6.07) is 4.05. The summed E-state index contributed by atoms with van der Waals surface area (Å²) in [5.74, 6) is -0.653. The zero-order valence-corrected chi connectivity index (χ0v) is 12.1. The molecular weight excluding hydrogens is 284 g/mol. The number of rotatable bonds is 6. The SMILES string of the molecule is CCC(CC)(CO)NC(=O)c1c(Cl)cccc1[N+](=O)[O-]. The fraction of sp³-hybridized carbons (Fsp3) is 0.462. The van der Waals surface area contributed by atoms with Gasteiger partial charge in [-0.05, 0) is 18.9 Å². The van der Waals surface area contributed by atoms with Gasteiger partial charge in [-0.1, -0.05) is 31.5 Å². The molecule has 0 bridgehead atoms. The van der Waals surface area contributed by atoms with E-state index in [-0.39, 0.29) is 22.9 Å². The highest BCUT2D eigenvalue weighted by atomic mass is 35.5. The van der Waals surface area contributed by atoms with Gasteiger partial charge in [0, 0.05) is 6.07 Å². The van der Waals surface area contributed by atoms with Crippen molar-refractivity contribution in [3.8, 4) is 0 Å². The number of nitrogens with one attached hydrogen (secondary N) is 1. The lowest BCUT2D eigenvalue weighted by Gasteiger charge is -2.30. The second kappa shape index (κ2) is 6.67. The maximum absolute atomic E-state index is 12.3. The van der Waals surface area contributed by atoms with E-state index in [1.54, 1.807) is 0 Å². The van der Waals surface area contributed by atoms with Crippen molar-refractivity contribution >= 4 is 23.2 Å². The molecule has 110 valence electrons. The molecular formula is C13H17ClN2O4. The van der Waals surface area contributed by atoms with Crippen LogP contribution in [0.25, 0.3) is 0 Å². The van der Waals surface area contributed by atoms with Crippen molar-refractivity contribution in [3.63, 3.8) is 0 Å². The standard InChI is InChI=1S/C13H17ClN2O4/c1-3-13(4-2,8-17)15-12(18)11-9(14)6-5-7-10(11)16(19)20/h5-7,17H,3-4,8H2,1-2H3,(H,15,18). The molecule has 0 spiro atoms. The predicted molar refractivity (Wildman–Crippen MR) is 76.0 cm³/mol. The average Bonchev–Trinajstić information content (AvgIpc) is 2.44. The van der Waals surface area contributed by atoms with E-state index in [0.29, 0.717) is 12.8 Å². The van der Waals surface area contributed by atoms with E-state index in [2.05, 4.69) is 5.32 Å². The quantitative estimate of drug-likeness (QED) is 0.623. The highest BCUT2D eigenvalue weighted by Crippen LogP contribution is 2.27. The number of hydrogen-bond donors (Lipinski definition) is 2. The molecule has 0 aromatic heterocycles. The molecule has 1 rings (SSSR count). The van der Waals surface area contributed by atoms with E-state index in [4.69, 9.17) is 11.6 Å². The Labute approximate surface area is 121 Å². The number of nitro groups is 1. The first-order valence-corrected chi connectivity index (χ1v) is 6.64. The second-order valence-electron chi connectivity index (χ2n) is 4.49. The maximum Gasteiger partial charge on any atom is 0.283 e. The smallest absolute Gasteiger partial charge is 0.283 e. The number of halogens is 1. The van der Waals surface area contributed by atoms with Crippen LogP contribution in [0.1, 0.15) is 37.0 Å². The summed E-state index contributed by atoms with van der Waals surface area (Å²) >= 11 is 5.90. The number of aliphatic hydroxyl groups excluding tert-OH is 1. The molecule has 1 amide bonds. The third kappa shape index (κ3) is 3.26. The van der Waals surface area contributed by atoms with Crippen LogP contribution < -0.4 is 5.32 Å². The van der Waals surface area contributed by atoms with Crippen molar-refractivity contribution in [2.75, 3.05) is 6.61 Å². The molecule has 20 heavy (non-hydrogen) atoms. The van der Waals surface area contributed by atoms with Crippen molar-refractivity contribution in [1.82, 2.24) is 5.32 Å². The third-order valence-corrected chi connectivity index (χ3v) is 3.77. The molecule has 0 fully saturated rings. The van der Waals surface area contributed by atoms with Crippen LogP contribution in [0.15, 0.2) is 18.2 Å². The van der Waals surface area contributed by atoms with Crippen molar-refractivity contribution < 1.29 is 14.8 Å². The summed E-state index contributed by atoms with van der Waals surface area (Å²) in [6.45, 7) is 3.39. The molecule has 0 aliphatic rings. The Hall–Kier alpha value is -1.66. The molecule has 1 aromatic rings. The minimum atomic E-state index is -0.801. The van der Waals surface area contributed by atoms with E-state index in [0.717, 1.165) is 0 Å². The first kappa shape index (κ1) is 16.4. The number of hydrogen-bond acceptors (Lipinski definition) is 4. The molecule has 0 saturated carbocycles. The van der Waals surface area contributed by atoms with Gasteiger partial charge in [0.15, 0.2) is 0 Å². The van der Waals surface area contributed by atoms with Gasteiger partial charge in [-0.15, -0.1) is 0 Å². The first-order chi connectivity index (χ1) is 9.40. The van der Waals surface area contributed by atoms with Gasteiger partial charge in [0.05, 0.1) is 22.1 Å². The number of carbonyl (C=O) groups excluding carboxylic acids is 1. The zero-order chi connectivity index (χ0) is 15.3. The molecule has 0 aliphatic carbocycles. The number of nitro benzene ring substituents is 1. The molecule has 1 aromatic carbocycles. The lowest BCUT2D eigenvalue weighted by atomic mass is 9.93. The Morgan fingerprint density at radius 1 is 1.45 bits per heavy atom. The summed E-state index contributed by atoms with van der Waals surface area (Å²) in [5.41, 5.74) is -1.34. The van der Waals surface area contributed by atoms with E-state index < -0.39 is 16.4 Å². The average molecular weight is 301 g/mol. The molecule has 0 radical (unpaired) electrons. The lowest BCUT2D eigenvalue weighted by Crippen LogP contribution is -2.50. The number of carbonyl (C=O) groups is 1. The minimum Gasteiger partial charge on any atom is -0.394 e.